The molecule has 3 nitrogen and oxygen atoms in total. The van der Waals surface area contributed by atoms with E-state index in [1.807, 2.05) is 13.0 Å². The molecule has 1 heterocycles. The zero-order valence-electron chi connectivity index (χ0n) is 11.6. The molecule has 4 heteroatoms. The first kappa shape index (κ1) is 13.6. The fourth-order valence-electron chi connectivity index (χ4n) is 2.03. The van der Waals surface area contributed by atoms with E-state index < -0.39 is 0 Å². The molecule has 1 aromatic heterocycles. The van der Waals surface area contributed by atoms with Crippen LogP contribution in [-0.2, 0) is 6.42 Å². The largest absolute Gasteiger partial charge is 0.494 e. The molecule has 102 valence electrons. The van der Waals surface area contributed by atoms with Crippen molar-refractivity contribution in [2.75, 3.05) is 19.0 Å². The summed E-state index contributed by atoms with van der Waals surface area (Å²) >= 11 is 0. The average molecular weight is 262 g/mol. The molecule has 2 aromatic rings. The maximum Gasteiger partial charge on any atom is 0.167 e. The Morgan fingerprint density at radius 3 is 2.68 bits per heavy atom. The summed E-state index contributed by atoms with van der Waals surface area (Å²) in [6.45, 7) is 5.02. The molecular formula is C15H19FN2O. The van der Waals surface area contributed by atoms with Crippen LogP contribution in [0.25, 0.3) is 10.9 Å². The van der Waals surface area contributed by atoms with E-state index in [-0.39, 0.29) is 11.6 Å². The summed E-state index contributed by atoms with van der Waals surface area (Å²) in [5, 5.41) is 4.26. The Hall–Kier alpha value is -1.84. The Kier molecular flexibility index (Phi) is 4.20. The maximum absolute atomic E-state index is 13.8. The Labute approximate surface area is 112 Å². The molecule has 0 spiro atoms. The van der Waals surface area contributed by atoms with Crippen molar-refractivity contribution in [1.82, 2.24) is 4.98 Å². The quantitative estimate of drug-likeness (QED) is 0.890. The summed E-state index contributed by atoms with van der Waals surface area (Å²) in [4.78, 5) is 4.46. The van der Waals surface area contributed by atoms with Crippen molar-refractivity contribution >= 4 is 16.6 Å². The lowest BCUT2D eigenvalue weighted by atomic mass is 10.1. The van der Waals surface area contributed by atoms with Gasteiger partial charge in [-0.05, 0) is 25.0 Å². The molecule has 0 unspecified atom stereocenters. The highest BCUT2D eigenvalue weighted by Gasteiger charge is 2.10. The van der Waals surface area contributed by atoms with Crippen LogP contribution in [0.2, 0.25) is 0 Å². The highest BCUT2D eigenvalue weighted by Crippen LogP contribution is 2.29. The lowest BCUT2D eigenvalue weighted by Gasteiger charge is -2.12. The monoisotopic (exact) mass is 262 g/mol. The maximum atomic E-state index is 13.8. The van der Waals surface area contributed by atoms with E-state index in [1.54, 1.807) is 6.07 Å². The van der Waals surface area contributed by atoms with Gasteiger partial charge < -0.3 is 10.1 Å². The van der Waals surface area contributed by atoms with Gasteiger partial charge in [0.2, 0.25) is 0 Å². The lowest BCUT2D eigenvalue weighted by molar-refractivity contribution is 0.387. The Morgan fingerprint density at radius 1 is 1.26 bits per heavy atom. The Bertz CT molecular complexity index is 584. The number of fused-ring (bicyclic) bond motifs is 1. The van der Waals surface area contributed by atoms with Crippen molar-refractivity contribution in [3.63, 3.8) is 0 Å². The van der Waals surface area contributed by atoms with Crippen molar-refractivity contribution in [1.29, 1.82) is 0 Å². The zero-order chi connectivity index (χ0) is 13.8. The topological polar surface area (TPSA) is 34.2 Å². The number of nitrogens with one attached hydrogen (secondary N) is 1. The van der Waals surface area contributed by atoms with Gasteiger partial charge >= 0.3 is 0 Å². The first-order valence-corrected chi connectivity index (χ1v) is 6.60. The van der Waals surface area contributed by atoms with Crippen LogP contribution in [0.4, 0.5) is 10.1 Å². The number of aromatic nitrogens is 1. The number of benzene rings is 1. The third-order valence-electron chi connectivity index (χ3n) is 3.06. The number of hydrogen-bond donors (Lipinski definition) is 1. The van der Waals surface area contributed by atoms with Crippen LogP contribution in [0.15, 0.2) is 18.2 Å². The van der Waals surface area contributed by atoms with Gasteiger partial charge in [-0.2, -0.15) is 0 Å². The normalized spacial score (nSPS) is 10.7. The molecule has 0 saturated carbocycles. The molecule has 1 aromatic carbocycles. The molecule has 0 bridgehead atoms. The van der Waals surface area contributed by atoms with Gasteiger partial charge in [0, 0.05) is 29.4 Å². The second-order valence-corrected chi connectivity index (χ2v) is 4.45. The van der Waals surface area contributed by atoms with Crippen LogP contribution in [0, 0.1) is 5.82 Å². The molecule has 0 fully saturated rings. The minimum atomic E-state index is -0.378. The minimum absolute atomic E-state index is 0.248. The van der Waals surface area contributed by atoms with Crippen molar-refractivity contribution in [2.45, 2.75) is 26.7 Å². The van der Waals surface area contributed by atoms with Crippen LogP contribution < -0.4 is 10.1 Å². The van der Waals surface area contributed by atoms with Crippen LogP contribution in [-0.4, -0.2) is 18.6 Å². The summed E-state index contributed by atoms with van der Waals surface area (Å²) < 4.78 is 18.8. The van der Waals surface area contributed by atoms with E-state index in [9.17, 15) is 4.39 Å². The standard InChI is InChI=1S/C15H19FN2O/c1-4-6-17-13-7-10(5-2)18-14-9-12(16)15(19-3)8-11(13)14/h7-9H,4-6H2,1-3H3,(H,17,18). The highest BCUT2D eigenvalue weighted by atomic mass is 19.1. The van der Waals surface area contributed by atoms with Gasteiger partial charge in [0.05, 0.1) is 12.6 Å². The van der Waals surface area contributed by atoms with Crippen LogP contribution >= 0.6 is 0 Å². The number of rotatable bonds is 5. The molecule has 19 heavy (non-hydrogen) atoms. The lowest BCUT2D eigenvalue weighted by Crippen LogP contribution is -2.03. The number of nitrogens with zero attached hydrogens (tertiary/aromatic N) is 1. The summed E-state index contributed by atoms with van der Waals surface area (Å²) in [5.41, 5.74) is 2.61. The van der Waals surface area contributed by atoms with Crippen LogP contribution in [0.5, 0.6) is 5.75 Å². The molecular weight excluding hydrogens is 243 g/mol. The second kappa shape index (κ2) is 5.87. The van der Waals surface area contributed by atoms with Gasteiger partial charge in [0.15, 0.2) is 11.6 Å². The molecule has 0 radical (unpaired) electrons. The molecule has 2 rings (SSSR count). The molecule has 1 N–H and O–H groups in total. The smallest absolute Gasteiger partial charge is 0.167 e. The predicted octanol–water partition coefficient (Wildman–Crippen LogP) is 3.77. The van der Waals surface area contributed by atoms with Gasteiger partial charge in [-0.25, -0.2) is 4.39 Å². The SMILES string of the molecule is CCCNc1cc(CC)nc2cc(F)c(OC)cc12. The summed E-state index contributed by atoms with van der Waals surface area (Å²) in [6, 6.07) is 5.16. The fraction of sp³-hybridized carbons (Fsp3) is 0.400. The highest BCUT2D eigenvalue weighted by molar-refractivity contribution is 5.92. The fourth-order valence-corrected chi connectivity index (χ4v) is 2.03. The second-order valence-electron chi connectivity index (χ2n) is 4.45. The Balaban J connectivity index is 2.61. The third kappa shape index (κ3) is 2.78. The van der Waals surface area contributed by atoms with E-state index >= 15 is 0 Å². The average Bonchev–Trinajstić information content (AvgIpc) is 2.43. The van der Waals surface area contributed by atoms with Crippen LogP contribution in [0.3, 0.4) is 0 Å². The Morgan fingerprint density at radius 2 is 2.05 bits per heavy atom. The van der Waals surface area contributed by atoms with Gasteiger partial charge in [-0.3, -0.25) is 4.98 Å². The molecule has 0 aliphatic carbocycles. The van der Waals surface area contributed by atoms with Crippen molar-refractivity contribution in [2.24, 2.45) is 0 Å². The first-order chi connectivity index (χ1) is 9.19. The van der Waals surface area contributed by atoms with E-state index in [1.165, 1.54) is 13.2 Å². The van der Waals surface area contributed by atoms with Gasteiger partial charge in [0.1, 0.15) is 0 Å². The number of aryl methyl sites for hydroxylation is 1. The number of hydrogen-bond acceptors (Lipinski definition) is 3. The predicted molar refractivity (Wildman–Crippen MR) is 76.4 cm³/mol. The number of methoxy groups -OCH3 is 1. The number of anilines is 1. The van der Waals surface area contributed by atoms with Gasteiger partial charge in [-0.15, -0.1) is 0 Å². The number of halogens is 1. The molecule has 0 aliphatic rings. The van der Waals surface area contributed by atoms with Gasteiger partial charge in [-0.1, -0.05) is 13.8 Å². The third-order valence-corrected chi connectivity index (χ3v) is 3.06. The number of pyridine rings is 1. The zero-order valence-corrected chi connectivity index (χ0v) is 11.6. The minimum Gasteiger partial charge on any atom is -0.494 e. The first-order valence-electron chi connectivity index (χ1n) is 6.60. The van der Waals surface area contributed by atoms with Crippen molar-refractivity contribution in [3.05, 3.63) is 29.7 Å². The molecule has 0 atom stereocenters. The van der Waals surface area contributed by atoms with E-state index in [0.29, 0.717) is 5.52 Å². The molecule has 0 amide bonds. The number of ether oxygens (including phenoxy) is 1. The van der Waals surface area contributed by atoms with E-state index in [4.69, 9.17) is 4.74 Å². The van der Waals surface area contributed by atoms with Crippen molar-refractivity contribution < 1.29 is 9.13 Å². The van der Waals surface area contributed by atoms with E-state index in [2.05, 4.69) is 17.2 Å². The van der Waals surface area contributed by atoms with Crippen LogP contribution in [0.1, 0.15) is 26.0 Å². The van der Waals surface area contributed by atoms with Crippen molar-refractivity contribution in [3.8, 4) is 5.75 Å². The van der Waals surface area contributed by atoms with E-state index in [0.717, 1.165) is 36.2 Å². The molecule has 0 aliphatic heterocycles. The van der Waals surface area contributed by atoms with Gasteiger partial charge in [0.25, 0.3) is 0 Å². The summed E-state index contributed by atoms with van der Waals surface area (Å²) in [5.74, 6) is -0.129. The molecule has 0 saturated heterocycles. The summed E-state index contributed by atoms with van der Waals surface area (Å²) in [6.07, 6.45) is 1.86. The summed E-state index contributed by atoms with van der Waals surface area (Å²) in [7, 11) is 1.47.